The summed E-state index contributed by atoms with van der Waals surface area (Å²) in [5, 5.41) is 0. The van der Waals surface area contributed by atoms with Crippen LogP contribution in [0, 0.1) is 17.5 Å². The largest absolute Gasteiger partial charge is 0.293 e. The Morgan fingerprint density at radius 1 is 1.11 bits per heavy atom. The standard InChI is InChI=1S/C14H10F3NO/c1-8(9-2-4-18-5-3-9)14(19)13-11(16)6-10(15)7-12(13)17/h2-8H,1H3. The van der Waals surface area contributed by atoms with E-state index in [0.717, 1.165) is 0 Å². The highest BCUT2D eigenvalue weighted by Crippen LogP contribution is 2.24. The van der Waals surface area contributed by atoms with Gasteiger partial charge in [0.15, 0.2) is 5.78 Å². The van der Waals surface area contributed by atoms with Gasteiger partial charge in [-0.25, -0.2) is 13.2 Å². The quantitative estimate of drug-likeness (QED) is 0.795. The average Bonchev–Trinajstić information content (AvgIpc) is 2.37. The van der Waals surface area contributed by atoms with Crippen molar-refractivity contribution >= 4 is 5.78 Å². The summed E-state index contributed by atoms with van der Waals surface area (Å²) in [7, 11) is 0. The fourth-order valence-electron chi connectivity index (χ4n) is 1.80. The molecular weight excluding hydrogens is 255 g/mol. The first kappa shape index (κ1) is 13.3. The number of carbonyl (C=O) groups excluding carboxylic acids is 1. The lowest BCUT2D eigenvalue weighted by atomic mass is 9.92. The van der Waals surface area contributed by atoms with Gasteiger partial charge in [-0.3, -0.25) is 9.78 Å². The molecule has 0 saturated carbocycles. The van der Waals surface area contributed by atoms with Crippen molar-refractivity contribution in [1.82, 2.24) is 4.98 Å². The van der Waals surface area contributed by atoms with Crippen LogP contribution in [0.2, 0.25) is 0 Å². The molecule has 0 spiro atoms. The first-order valence-electron chi connectivity index (χ1n) is 5.59. The number of halogens is 3. The summed E-state index contributed by atoms with van der Waals surface area (Å²) in [5.41, 5.74) is -0.131. The number of ketones is 1. The van der Waals surface area contributed by atoms with Crippen molar-refractivity contribution in [1.29, 1.82) is 0 Å². The van der Waals surface area contributed by atoms with Crippen LogP contribution in [0.3, 0.4) is 0 Å². The van der Waals surface area contributed by atoms with Gasteiger partial charge in [0.1, 0.15) is 17.5 Å². The number of benzene rings is 1. The van der Waals surface area contributed by atoms with Gasteiger partial charge in [-0.1, -0.05) is 6.92 Å². The van der Waals surface area contributed by atoms with Crippen LogP contribution in [0.5, 0.6) is 0 Å². The van der Waals surface area contributed by atoms with Gasteiger partial charge in [0.2, 0.25) is 0 Å². The predicted molar refractivity (Wildman–Crippen MR) is 63.3 cm³/mol. The zero-order valence-corrected chi connectivity index (χ0v) is 10.0. The minimum atomic E-state index is -1.19. The summed E-state index contributed by atoms with van der Waals surface area (Å²) < 4.78 is 39.8. The molecule has 2 rings (SSSR count). The predicted octanol–water partition coefficient (Wildman–Crippen LogP) is 3.49. The molecule has 0 aliphatic carbocycles. The second-order valence-electron chi connectivity index (χ2n) is 4.11. The smallest absolute Gasteiger partial charge is 0.175 e. The maximum absolute atomic E-state index is 13.5. The van der Waals surface area contributed by atoms with Gasteiger partial charge in [-0.2, -0.15) is 0 Å². The molecule has 1 aromatic heterocycles. The van der Waals surface area contributed by atoms with Gasteiger partial charge in [-0.15, -0.1) is 0 Å². The Morgan fingerprint density at radius 3 is 2.16 bits per heavy atom. The first-order valence-corrected chi connectivity index (χ1v) is 5.59. The Hall–Kier alpha value is -2.17. The summed E-state index contributed by atoms with van der Waals surface area (Å²) >= 11 is 0. The highest BCUT2D eigenvalue weighted by molar-refractivity contribution is 6.01. The number of aromatic nitrogens is 1. The monoisotopic (exact) mass is 265 g/mol. The average molecular weight is 265 g/mol. The van der Waals surface area contributed by atoms with E-state index in [1.54, 1.807) is 12.1 Å². The van der Waals surface area contributed by atoms with Crippen molar-refractivity contribution in [2.45, 2.75) is 12.8 Å². The fraction of sp³-hybridized carbons (Fsp3) is 0.143. The van der Waals surface area contributed by atoms with E-state index in [0.29, 0.717) is 17.7 Å². The number of hydrogen-bond acceptors (Lipinski definition) is 2. The first-order chi connectivity index (χ1) is 9.00. The van der Waals surface area contributed by atoms with Crippen molar-refractivity contribution < 1.29 is 18.0 Å². The SMILES string of the molecule is CC(C(=O)c1c(F)cc(F)cc1F)c1ccncc1. The molecule has 0 aliphatic rings. The molecule has 0 N–H and O–H groups in total. The summed E-state index contributed by atoms with van der Waals surface area (Å²) in [5.74, 6) is -4.91. The maximum atomic E-state index is 13.5. The van der Waals surface area contributed by atoms with Crippen molar-refractivity contribution in [3.05, 3.63) is 65.2 Å². The van der Waals surface area contributed by atoms with Gasteiger partial charge >= 0.3 is 0 Å². The topological polar surface area (TPSA) is 30.0 Å². The van der Waals surface area contributed by atoms with E-state index in [1.165, 1.54) is 19.3 Å². The number of pyridine rings is 1. The molecule has 1 unspecified atom stereocenters. The lowest BCUT2D eigenvalue weighted by Gasteiger charge is -2.12. The molecule has 1 aromatic carbocycles. The normalized spacial score (nSPS) is 12.2. The fourth-order valence-corrected chi connectivity index (χ4v) is 1.80. The maximum Gasteiger partial charge on any atom is 0.175 e. The van der Waals surface area contributed by atoms with E-state index >= 15 is 0 Å². The number of carbonyl (C=O) groups is 1. The van der Waals surface area contributed by atoms with Crippen LogP contribution in [0.4, 0.5) is 13.2 Å². The van der Waals surface area contributed by atoms with Crippen LogP contribution in [0.1, 0.15) is 28.8 Å². The van der Waals surface area contributed by atoms with E-state index in [-0.39, 0.29) is 0 Å². The molecule has 1 heterocycles. The van der Waals surface area contributed by atoms with E-state index < -0.39 is 34.7 Å². The van der Waals surface area contributed by atoms with Crippen LogP contribution in [-0.4, -0.2) is 10.8 Å². The molecule has 0 amide bonds. The van der Waals surface area contributed by atoms with Gasteiger partial charge in [0.25, 0.3) is 0 Å². The van der Waals surface area contributed by atoms with Crippen LogP contribution in [0.25, 0.3) is 0 Å². The summed E-state index contributed by atoms with van der Waals surface area (Å²) in [4.78, 5) is 15.9. The van der Waals surface area contributed by atoms with E-state index in [9.17, 15) is 18.0 Å². The summed E-state index contributed by atoms with van der Waals surface area (Å²) in [6.07, 6.45) is 2.97. The van der Waals surface area contributed by atoms with Gasteiger partial charge in [0, 0.05) is 30.4 Å². The number of hydrogen-bond donors (Lipinski definition) is 0. The molecule has 0 bridgehead atoms. The van der Waals surface area contributed by atoms with Crippen molar-refractivity contribution in [2.75, 3.05) is 0 Å². The zero-order chi connectivity index (χ0) is 14.0. The molecule has 0 radical (unpaired) electrons. The molecular formula is C14H10F3NO. The Balaban J connectivity index is 2.40. The number of rotatable bonds is 3. The van der Waals surface area contributed by atoms with Gasteiger partial charge in [0.05, 0.1) is 5.56 Å². The van der Waals surface area contributed by atoms with E-state index in [4.69, 9.17) is 0 Å². The van der Waals surface area contributed by atoms with Crippen LogP contribution < -0.4 is 0 Å². The highest BCUT2D eigenvalue weighted by atomic mass is 19.1. The van der Waals surface area contributed by atoms with Crippen molar-refractivity contribution in [3.8, 4) is 0 Å². The Kier molecular flexibility index (Phi) is 3.64. The molecule has 1 atom stereocenters. The zero-order valence-electron chi connectivity index (χ0n) is 10.0. The van der Waals surface area contributed by atoms with Crippen molar-refractivity contribution in [2.24, 2.45) is 0 Å². The minimum Gasteiger partial charge on any atom is -0.293 e. The number of Topliss-reactive ketones (excluding diaryl/α,β-unsaturated/α-hetero) is 1. The highest BCUT2D eigenvalue weighted by Gasteiger charge is 2.24. The second kappa shape index (κ2) is 5.22. The Labute approximate surface area is 107 Å². The molecule has 0 fully saturated rings. The molecule has 0 saturated heterocycles. The molecule has 5 heteroatoms. The molecule has 19 heavy (non-hydrogen) atoms. The van der Waals surface area contributed by atoms with E-state index in [1.807, 2.05) is 0 Å². The van der Waals surface area contributed by atoms with Crippen LogP contribution in [-0.2, 0) is 0 Å². The molecule has 2 nitrogen and oxygen atoms in total. The third-order valence-electron chi connectivity index (χ3n) is 2.85. The van der Waals surface area contributed by atoms with Crippen LogP contribution >= 0.6 is 0 Å². The third kappa shape index (κ3) is 2.65. The Bertz CT molecular complexity index is 590. The summed E-state index contributed by atoms with van der Waals surface area (Å²) in [6, 6.07) is 4.16. The lowest BCUT2D eigenvalue weighted by molar-refractivity contribution is 0.0957. The molecule has 98 valence electrons. The Morgan fingerprint density at radius 2 is 1.63 bits per heavy atom. The molecule has 0 aliphatic heterocycles. The number of nitrogens with zero attached hydrogens (tertiary/aromatic N) is 1. The second-order valence-corrected chi connectivity index (χ2v) is 4.11. The molecule has 2 aromatic rings. The van der Waals surface area contributed by atoms with Crippen molar-refractivity contribution in [3.63, 3.8) is 0 Å². The van der Waals surface area contributed by atoms with E-state index in [2.05, 4.69) is 4.98 Å². The lowest BCUT2D eigenvalue weighted by Crippen LogP contribution is -2.14. The minimum absolute atomic E-state index is 0.496. The third-order valence-corrected chi connectivity index (χ3v) is 2.85. The van der Waals surface area contributed by atoms with Gasteiger partial charge < -0.3 is 0 Å². The van der Waals surface area contributed by atoms with Crippen LogP contribution in [0.15, 0.2) is 36.7 Å². The van der Waals surface area contributed by atoms with Gasteiger partial charge in [-0.05, 0) is 17.7 Å². The summed E-state index contributed by atoms with van der Waals surface area (Å²) in [6.45, 7) is 1.53.